The minimum Gasteiger partial charge on any atom is -0.385 e. The van der Waals surface area contributed by atoms with Gasteiger partial charge in [0, 0.05) is 39.8 Å². The van der Waals surface area contributed by atoms with Crippen LogP contribution in [0.15, 0.2) is 4.99 Å². The highest BCUT2D eigenvalue weighted by atomic mass is 16.5. The molecule has 7 nitrogen and oxygen atoms in total. The third kappa shape index (κ3) is 4.51. The largest absolute Gasteiger partial charge is 0.385 e. The molecule has 140 valence electrons. The van der Waals surface area contributed by atoms with Crippen molar-refractivity contribution < 1.29 is 4.74 Å². The molecular weight excluding hydrogens is 316 g/mol. The molecule has 1 aliphatic heterocycles. The maximum Gasteiger partial charge on any atom is 0.191 e. The number of methoxy groups -OCH3 is 1. The Morgan fingerprint density at radius 2 is 2.12 bits per heavy atom. The van der Waals surface area contributed by atoms with E-state index in [1.165, 1.54) is 32.1 Å². The summed E-state index contributed by atoms with van der Waals surface area (Å²) in [7, 11) is 1.78. The summed E-state index contributed by atoms with van der Waals surface area (Å²) >= 11 is 0. The molecule has 0 saturated heterocycles. The Bertz CT molecular complexity index is 578. The fraction of sp³-hybridized carbons (Fsp3) is 0.833. The van der Waals surface area contributed by atoms with Crippen LogP contribution in [0.25, 0.3) is 0 Å². The Morgan fingerprint density at radius 1 is 1.24 bits per heavy atom. The van der Waals surface area contributed by atoms with Gasteiger partial charge < -0.3 is 19.9 Å². The quantitative estimate of drug-likeness (QED) is 0.554. The Hall–Kier alpha value is -1.63. The summed E-state index contributed by atoms with van der Waals surface area (Å²) in [6, 6.07) is 0. The summed E-state index contributed by atoms with van der Waals surface area (Å²) in [5.74, 6) is 2.96. The van der Waals surface area contributed by atoms with Crippen molar-refractivity contribution in [2.24, 2.45) is 10.4 Å². The van der Waals surface area contributed by atoms with Crippen molar-refractivity contribution in [3.05, 3.63) is 11.6 Å². The Labute approximate surface area is 150 Å². The number of guanidine groups is 1. The number of fused-ring (bicyclic) bond motifs is 1. The van der Waals surface area contributed by atoms with Gasteiger partial charge in [0.05, 0.1) is 0 Å². The van der Waals surface area contributed by atoms with Gasteiger partial charge in [-0.05, 0) is 44.4 Å². The molecule has 2 N–H and O–H groups in total. The van der Waals surface area contributed by atoms with E-state index in [-0.39, 0.29) is 0 Å². The number of hydrogen-bond acceptors (Lipinski definition) is 4. The SMILES string of the molecule is CCNC(=NCc1nnc2n1CCCC2)NCC1(CCOC)CCC1. The maximum atomic E-state index is 5.29. The van der Waals surface area contributed by atoms with Gasteiger partial charge in [-0.25, -0.2) is 4.99 Å². The monoisotopic (exact) mass is 348 g/mol. The van der Waals surface area contributed by atoms with Crippen molar-refractivity contribution in [1.29, 1.82) is 0 Å². The van der Waals surface area contributed by atoms with Crippen LogP contribution in [0.3, 0.4) is 0 Å². The lowest BCUT2D eigenvalue weighted by Crippen LogP contribution is -2.47. The van der Waals surface area contributed by atoms with E-state index in [0.717, 1.165) is 56.7 Å². The van der Waals surface area contributed by atoms with Gasteiger partial charge in [-0.1, -0.05) is 6.42 Å². The number of aliphatic imine (C=N–C) groups is 1. The molecule has 1 saturated carbocycles. The molecule has 0 radical (unpaired) electrons. The van der Waals surface area contributed by atoms with Crippen LogP contribution in [0.2, 0.25) is 0 Å². The fourth-order valence-corrected chi connectivity index (χ4v) is 3.76. The van der Waals surface area contributed by atoms with Crippen molar-refractivity contribution >= 4 is 5.96 Å². The van der Waals surface area contributed by atoms with Gasteiger partial charge in [-0.15, -0.1) is 10.2 Å². The maximum absolute atomic E-state index is 5.29. The van der Waals surface area contributed by atoms with Crippen LogP contribution in [-0.2, 0) is 24.2 Å². The van der Waals surface area contributed by atoms with Crippen molar-refractivity contribution in [1.82, 2.24) is 25.4 Å². The van der Waals surface area contributed by atoms with Crippen LogP contribution in [0, 0.1) is 5.41 Å². The molecule has 0 aromatic carbocycles. The van der Waals surface area contributed by atoms with E-state index in [9.17, 15) is 0 Å². The minimum atomic E-state index is 0.375. The molecule has 1 aromatic heterocycles. The van der Waals surface area contributed by atoms with E-state index in [2.05, 4.69) is 32.3 Å². The lowest BCUT2D eigenvalue weighted by atomic mass is 9.67. The second-order valence-corrected chi connectivity index (χ2v) is 7.29. The summed E-state index contributed by atoms with van der Waals surface area (Å²) in [5, 5.41) is 15.5. The first-order chi connectivity index (χ1) is 12.3. The Morgan fingerprint density at radius 3 is 2.84 bits per heavy atom. The van der Waals surface area contributed by atoms with Crippen molar-refractivity contribution in [2.45, 2.75) is 65.0 Å². The van der Waals surface area contributed by atoms with Gasteiger partial charge in [0.1, 0.15) is 12.4 Å². The van der Waals surface area contributed by atoms with E-state index in [0.29, 0.717) is 12.0 Å². The summed E-state index contributed by atoms with van der Waals surface area (Å²) in [6.07, 6.45) is 8.47. The van der Waals surface area contributed by atoms with Crippen LogP contribution in [-0.4, -0.2) is 47.5 Å². The summed E-state index contributed by atoms with van der Waals surface area (Å²) < 4.78 is 7.52. The van der Waals surface area contributed by atoms with Crippen molar-refractivity contribution in [2.75, 3.05) is 26.8 Å². The molecule has 0 unspecified atom stereocenters. The van der Waals surface area contributed by atoms with Crippen LogP contribution < -0.4 is 10.6 Å². The third-order valence-electron chi connectivity index (χ3n) is 5.54. The van der Waals surface area contributed by atoms with Crippen molar-refractivity contribution in [3.63, 3.8) is 0 Å². The molecule has 0 atom stereocenters. The van der Waals surface area contributed by atoms with Gasteiger partial charge in [0.25, 0.3) is 0 Å². The predicted octanol–water partition coefficient (Wildman–Crippen LogP) is 1.88. The molecule has 7 heteroatoms. The van der Waals surface area contributed by atoms with Gasteiger partial charge in [0.2, 0.25) is 0 Å². The minimum absolute atomic E-state index is 0.375. The number of rotatable bonds is 8. The van der Waals surface area contributed by atoms with Gasteiger partial charge in [-0.2, -0.15) is 0 Å². The molecule has 0 bridgehead atoms. The summed E-state index contributed by atoms with van der Waals surface area (Å²) in [4.78, 5) is 4.75. The molecule has 2 aliphatic rings. The summed E-state index contributed by atoms with van der Waals surface area (Å²) in [5.41, 5.74) is 0.375. The van der Waals surface area contributed by atoms with Crippen LogP contribution in [0.4, 0.5) is 0 Å². The third-order valence-corrected chi connectivity index (χ3v) is 5.54. The second kappa shape index (κ2) is 8.65. The van der Waals surface area contributed by atoms with E-state index in [1.54, 1.807) is 7.11 Å². The first-order valence-electron chi connectivity index (χ1n) is 9.68. The van der Waals surface area contributed by atoms with E-state index in [1.807, 2.05) is 0 Å². The van der Waals surface area contributed by atoms with Crippen molar-refractivity contribution in [3.8, 4) is 0 Å². The number of aryl methyl sites for hydroxylation is 1. The smallest absolute Gasteiger partial charge is 0.191 e. The van der Waals surface area contributed by atoms with Crippen LogP contribution in [0.1, 0.15) is 57.1 Å². The molecule has 1 aliphatic carbocycles. The van der Waals surface area contributed by atoms with Gasteiger partial charge in [0.15, 0.2) is 11.8 Å². The number of nitrogens with one attached hydrogen (secondary N) is 2. The van der Waals surface area contributed by atoms with Gasteiger partial charge >= 0.3 is 0 Å². The highest BCUT2D eigenvalue weighted by molar-refractivity contribution is 5.79. The standard InChI is InChI=1S/C18H32N6O/c1-3-19-17(21-14-18(8-6-9-18)10-12-25-2)20-13-16-23-22-15-7-4-5-11-24(15)16/h3-14H2,1-2H3,(H2,19,20,21). The zero-order valence-electron chi connectivity index (χ0n) is 15.7. The van der Waals surface area contributed by atoms with E-state index >= 15 is 0 Å². The first-order valence-corrected chi connectivity index (χ1v) is 9.68. The molecule has 0 spiro atoms. The highest BCUT2D eigenvalue weighted by Gasteiger charge is 2.36. The zero-order chi connectivity index (χ0) is 17.5. The number of aromatic nitrogens is 3. The molecule has 2 heterocycles. The average molecular weight is 348 g/mol. The molecule has 3 rings (SSSR count). The van der Waals surface area contributed by atoms with Crippen LogP contribution >= 0.6 is 0 Å². The fourth-order valence-electron chi connectivity index (χ4n) is 3.76. The Balaban J connectivity index is 1.58. The second-order valence-electron chi connectivity index (χ2n) is 7.29. The summed E-state index contributed by atoms with van der Waals surface area (Å²) in [6.45, 7) is 6.35. The topological polar surface area (TPSA) is 76.4 Å². The number of hydrogen-bond donors (Lipinski definition) is 2. The molecule has 0 amide bonds. The normalized spacial score (nSPS) is 19.2. The number of ether oxygens (including phenoxy) is 1. The predicted molar refractivity (Wildman–Crippen MR) is 98.6 cm³/mol. The average Bonchev–Trinajstić information content (AvgIpc) is 3.01. The van der Waals surface area contributed by atoms with Crippen LogP contribution in [0.5, 0.6) is 0 Å². The van der Waals surface area contributed by atoms with Gasteiger partial charge in [-0.3, -0.25) is 0 Å². The highest BCUT2D eigenvalue weighted by Crippen LogP contribution is 2.43. The lowest BCUT2D eigenvalue weighted by Gasteiger charge is -2.42. The van der Waals surface area contributed by atoms with E-state index in [4.69, 9.17) is 9.73 Å². The van der Waals surface area contributed by atoms with E-state index < -0.39 is 0 Å². The number of nitrogens with zero attached hydrogens (tertiary/aromatic N) is 4. The molecule has 25 heavy (non-hydrogen) atoms. The molecule has 1 fully saturated rings. The zero-order valence-corrected chi connectivity index (χ0v) is 15.7. The Kier molecular flexibility index (Phi) is 6.29. The molecular formula is C18H32N6O. The molecule has 1 aromatic rings. The lowest BCUT2D eigenvalue weighted by molar-refractivity contribution is 0.0732. The first kappa shape index (κ1) is 18.2.